The fraction of sp³-hybridized carbons (Fsp3) is 1.00. The first-order valence-electron chi connectivity index (χ1n) is 6.95. The van der Waals surface area contributed by atoms with Gasteiger partial charge in [-0.25, -0.2) is 0 Å². The second-order valence-electron chi connectivity index (χ2n) is 5.45. The summed E-state index contributed by atoms with van der Waals surface area (Å²) in [6.45, 7) is 14.0. The molecule has 1 unspecified atom stereocenters. The topological polar surface area (TPSA) is 30.5 Å². The van der Waals surface area contributed by atoms with E-state index in [2.05, 4.69) is 39.9 Å². The minimum atomic E-state index is -0.0654. The third-order valence-corrected chi connectivity index (χ3v) is 2.38. The highest BCUT2D eigenvalue weighted by Gasteiger charge is 2.11. The van der Waals surface area contributed by atoms with Gasteiger partial charge >= 0.3 is 0 Å². The van der Waals surface area contributed by atoms with E-state index in [1.165, 1.54) is 12.8 Å². The zero-order chi connectivity index (χ0) is 13.1. The smallest absolute Gasteiger partial charge is 0.0707 e. The van der Waals surface area contributed by atoms with Crippen molar-refractivity contribution in [2.45, 2.75) is 65.6 Å². The zero-order valence-electron chi connectivity index (χ0n) is 12.3. The highest BCUT2D eigenvalue weighted by Crippen LogP contribution is 2.07. The average Bonchev–Trinajstić information content (AvgIpc) is 2.23. The van der Waals surface area contributed by atoms with Crippen molar-refractivity contribution in [2.75, 3.05) is 26.3 Å². The van der Waals surface area contributed by atoms with Gasteiger partial charge in [-0.2, -0.15) is 0 Å². The summed E-state index contributed by atoms with van der Waals surface area (Å²) in [6, 6.07) is 0. The van der Waals surface area contributed by atoms with Crippen LogP contribution in [-0.4, -0.2) is 38.0 Å². The van der Waals surface area contributed by atoms with Crippen molar-refractivity contribution in [3.8, 4) is 0 Å². The second kappa shape index (κ2) is 9.86. The Labute approximate surface area is 107 Å². The number of ether oxygens (including phenoxy) is 2. The summed E-state index contributed by atoms with van der Waals surface area (Å²) < 4.78 is 11.5. The van der Waals surface area contributed by atoms with Gasteiger partial charge in [0.1, 0.15) is 0 Å². The summed E-state index contributed by atoms with van der Waals surface area (Å²) in [4.78, 5) is 0. The van der Waals surface area contributed by atoms with Gasteiger partial charge in [-0.3, -0.25) is 0 Å². The molecule has 0 aromatic carbocycles. The Bertz CT molecular complexity index is 166. The van der Waals surface area contributed by atoms with Crippen molar-refractivity contribution in [3.63, 3.8) is 0 Å². The molecule has 3 heteroatoms. The van der Waals surface area contributed by atoms with Crippen LogP contribution in [-0.2, 0) is 9.47 Å². The Morgan fingerprint density at radius 3 is 2.29 bits per heavy atom. The van der Waals surface area contributed by atoms with Crippen LogP contribution in [0.2, 0.25) is 0 Å². The van der Waals surface area contributed by atoms with E-state index < -0.39 is 0 Å². The van der Waals surface area contributed by atoms with Gasteiger partial charge in [-0.15, -0.1) is 0 Å². The summed E-state index contributed by atoms with van der Waals surface area (Å²) in [5.41, 5.74) is -0.0654. The number of nitrogens with one attached hydrogen (secondary N) is 1. The zero-order valence-corrected chi connectivity index (χ0v) is 12.3. The van der Waals surface area contributed by atoms with E-state index in [1.54, 1.807) is 0 Å². The SMILES string of the molecule is CCCNCC(CCC)OCCOC(C)(C)C. The third-order valence-electron chi connectivity index (χ3n) is 2.38. The van der Waals surface area contributed by atoms with Crippen molar-refractivity contribution in [1.29, 1.82) is 0 Å². The first kappa shape index (κ1) is 16.9. The van der Waals surface area contributed by atoms with Crippen LogP contribution in [0.1, 0.15) is 53.9 Å². The van der Waals surface area contributed by atoms with E-state index in [9.17, 15) is 0 Å². The predicted octanol–water partition coefficient (Wildman–Crippen LogP) is 2.99. The third kappa shape index (κ3) is 12.1. The minimum absolute atomic E-state index is 0.0654. The van der Waals surface area contributed by atoms with Crippen molar-refractivity contribution in [1.82, 2.24) is 5.32 Å². The molecule has 0 aromatic heterocycles. The summed E-state index contributed by atoms with van der Waals surface area (Å²) in [6.07, 6.45) is 3.78. The molecule has 17 heavy (non-hydrogen) atoms. The van der Waals surface area contributed by atoms with E-state index in [0.29, 0.717) is 19.3 Å². The van der Waals surface area contributed by atoms with Crippen molar-refractivity contribution < 1.29 is 9.47 Å². The van der Waals surface area contributed by atoms with Crippen LogP contribution in [0.3, 0.4) is 0 Å². The van der Waals surface area contributed by atoms with Gasteiger partial charge in [0, 0.05) is 6.54 Å². The van der Waals surface area contributed by atoms with Crippen LogP contribution in [0.5, 0.6) is 0 Å². The summed E-state index contributed by atoms with van der Waals surface area (Å²) in [5.74, 6) is 0. The summed E-state index contributed by atoms with van der Waals surface area (Å²) in [5, 5.41) is 3.41. The maximum atomic E-state index is 5.84. The van der Waals surface area contributed by atoms with Gasteiger partial charge in [0.05, 0.1) is 24.9 Å². The standard InChI is InChI=1S/C14H31NO2/c1-6-8-13(12-15-9-7-2)16-10-11-17-14(3,4)5/h13,15H,6-12H2,1-5H3. The quantitative estimate of drug-likeness (QED) is 0.600. The average molecular weight is 245 g/mol. The van der Waals surface area contributed by atoms with E-state index in [4.69, 9.17) is 9.47 Å². The Hall–Kier alpha value is -0.120. The molecule has 1 atom stereocenters. The van der Waals surface area contributed by atoms with Crippen molar-refractivity contribution >= 4 is 0 Å². The summed E-state index contributed by atoms with van der Waals surface area (Å²) in [7, 11) is 0. The highest BCUT2D eigenvalue weighted by molar-refractivity contribution is 4.62. The second-order valence-corrected chi connectivity index (χ2v) is 5.45. The van der Waals surface area contributed by atoms with Gasteiger partial charge in [0.15, 0.2) is 0 Å². The lowest BCUT2D eigenvalue weighted by Gasteiger charge is -2.22. The highest BCUT2D eigenvalue weighted by atomic mass is 16.5. The van der Waals surface area contributed by atoms with Crippen molar-refractivity contribution in [3.05, 3.63) is 0 Å². The van der Waals surface area contributed by atoms with E-state index in [-0.39, 0.29) is 5.60 Å². The fourth-order valence-corrected chi connectivity index (χ4v) is 1.57. The van der Waals surface area contributed by atoms with Gasteiger partial charge < -0.3 is 14.8 Å². The molecule has 0 heterocycles. The molecule has 0 radical (unpaired) electrons. The molecule has 0 amide bonds. The van der Waals surface area contributed by atoms with Crippen LogP contribution in [0.25, 0.3) is 0 Å². The molecule has 0 aromatic rings. The Morgan fingerprint density at radius 1 is 1.06 bits per heavy atom. The van der Waals surface area contributed by atoms with E-state index >= 15 is 0 Å². The van der Waals surface area contributed by atoms with Gasteiger partial charge in [-0.1, -0.05) is 20.3 Å². The number of rotatable bonds is 10. The van der Waals surface area contributed by atoms with Crippen LogP contribution in [0.15, 0.2) is 0 Å². The molecule has 3 nitrogen and oxygen atoms in total. The molecule has 1 N–H and O–H groups in total. The van der Waals surface area contributed by atoms with Crippen LogP contribution >= 0.6 is 0 Å². The van der Waals surface area contributed by atoms with E-state index in [1.807, 2.05) is 0 Å². The van der Waals surface area contributed by atoms with E-state index in [0.717, 1.165) is 19.5 Å². The summed E-state index contributed by atoms with van der Waals surface area (Å²) >= 11 is 0. The lowest BCUT2D eigenvalue weighted by molar-refractivity contribution is -0.0524. The first-order chi connectivity index (χ1) is 7.99. The Kier molecular flexibility index (Phi) is 9.79. The predicted molar refractivity (Wildman–Crippen MR) is 73.5 cm³/mol. The molecule has 0 fully saturated rings. The van der Waals surface area contributed by atoms with Crippen LogP contribution < -0.4 is 5.32 Å². The molecule has 0 aliphatic heterocycles. The lowest BCUT2D eigenvalue weighted by atomic mass is 10.2. The van der Waals surface area contributed by atoms with Gasteiger partial charge in [-0.05, 0) is 40.2 Å². The maximum Gasteiger partial charge on any atom is 0.0707 e. The molecule has 104 valence electrons. The normalized spacial score (nSPS) is 13.9. The number of hydrogen-bond donors (Lipinski definition) is 1. The van der Waals surface area contributed by atoms with Crippen LogP contribution in [0, 0.1) is 0 Å². The Morgan fingerprint density at radius 2 is 1.76 bits per heavy atom. The molecule has 0 saturated carbocycles. The fourth-order valence-electron chi connectivity index (χ4n) is 1.57. The first-order valence-corrected chi connectivity index (χ1v) is 6.95. The molecule has 0 aliphatic carbocycles. The molecule has 0 bridgehead atoms. The molecule has 0 spiro atoms. The minimum Gasteiger partial charge on any atom is -0.375 e. The van der Waals surface area contributed by atoms with Gasteiger partial charge in [0.2, 0.25) is 0 Å². The largest absolute Gasteiger partial charge is 0.375 e. The van der Waals surface area contributed by atoms with Gasteiger partial charge in [0.25, 0.3) is 0 Å². The molecular formula is C14H31NO2. The lowest BCUT2D eigenvalue weighted by Crippen LogP contribution is -2.31. The Balaban J connectivity index is 3.61. The van der Waals surface area contributed by atoms with Crippen LogP contribution in [0.4, 0.5) is 0 Å². The maximum absolute atomic E-state index is 5.84. The molecular weight excluding hydrogens is 214 g/mol. The molecule has 0 rings (SSSR count). The molecule has 0 saturated heterocycles. The van der Waals surface area contributed by atoms with Crippen molar-refractivity contribution in [2.24, 2.45) is 0 Å². The monoisotopic (exact) mass is 245 g/mol. The molecule has 0 aliphatic rings. The number of hydrogen-bond acceptors (Lipinski definition) is 3.